The van der Waals surface area contributed by atoms with E-state index in [0.29, 0.717) is 22.7 Å². The number of hydrogen-bond donors (Lipinski definition) is 0. The molecule has 1 aliphatic rings. The van der Waals surface area contributed by atoms with E-state index >= 15 is 0 Å². The van der Waals surface area contributed by atoms with Crippen LogP contribution in [0.25, 0.3) is 10.9 Å². The Labute approximate surface area is 126 Å². The third-order valence-corrected chi connectivity index (χ3v) is 4.14. The van der Waals surface area contributed by atoms with Crippen molar-refractivity contribution in [1.82, 2.24) is 24.7 Å². The summed E-state index contributed by atoms with van der Waals surface area (Å²) in [7, 11) is 0. The van der Waals surface area contributed by atoms with Crippen LogP contribution in [0.4, 0.5) is 0 Å². The molecule has 1 saturated carbocycles. The SMILES string of the molecule is O=c1c2ccncc2ncn1Cc1nc(C2CCCC2)no1. The van der Waals surface area contributed by atoms with Gasteiger partial charge >= 0.3 is 0 Å². The second-order valence-electron chi connectivity index (χ2n) is 5.60. The molecule has 3 heterocycles. The Morgan fingerprint density at radius 3 is 3.05 bits per heavy atom. The van der Waals surface area contributed by atoms with Gasteiger partial charge < -0.3 is 4.52 Å². The average molecular weight is 297 g/mol. The molecule has 1 fully saturated rings. The van der Waals surface area contributed by atoms with Crippen molar-refractivity contribution < 1.29 is 4.52 Å². The molecule has 1 aliphatic carbocycles. The highest BCUT2D eigenvalue weighted by atomic mass is 16.5. The van der Waals surface area contributed by atoms with Gasteiger partial charge in [0.2, 0.25) is 5.89 Å². The van der Waals surface area contributed by atoms with Gasteiger partial charge in [-0.1, -0.05) is 18.0 Å². The van der Waals surface area contributed by atoms with Gasteiger partial charge in [-0.2, -0.15) is 4.98 Å². The molecule has 112 valence electrons. The van der Waals surface area contributed by atoms with Crippen LogP contribution in [-0.2, 0) is 6.54 Å². The summed E-state index contributed by atoms with van der Waals surface area (Å²) >= 11 is 0. The molecule has 7 nitrogen and oxygen atoms in total. The van der Waals surface area contributed by atoms with E-state index in [-0.39, 0.29) is 12.1 Å². The molecule has 0 bridgehead atoms. The van der Waals surface area contributed by atoms with Gasteiger partial charge in [0.25, 0.3) is 5.56 Å². The van der Waals surface area contributed by atoms with Gasteiger partial charge in [0.05, 0.1) is 23.4 Å². The van der Waals surface area contributed by atoms with Gasteiger partial charge in [-0.25, -0.2) is 4.98 Å². The van der Waals surface area contributed by atoms with Crippen LogP contribution in [0, 0.1) is 0 Å². The van der Waals surface area contributed by atoms with Crippen molar-refractivity contribution in [3.05, 3.63) is 46.9 Å². The predicted octanol–water partition coefficient (Wildman–Crippen LogP) is 1.88. The predicted molar refractivity (Wildman–Crippen MR) is 78.4 cm³/mol. The van der Waals surface area contributed by atoms with Crippen LogP contribution in [0.15, 0.2) is 34.1 Å². The molecule has 0 atom stereocenters. The Hall–Kier alpha value is -2.57. The van der Waals surface area contributed by atoms with E-state index in [1.807, 2.05) is 0 Å². The van der Waals surface area contributed by atoms with Crippen LogP contribution in [0.3, 0.4) is 0 Å². The van der Waals surface area contributed by atoms with Gasteiger partial charge in [0, 0.05) is 12.1 Å². The Balaban J connectivity index is 1.63. The first-order valence-electron chi connectivity index (χ1n) is 7.43. The molecule has 0 spiro atoms. The van der Waals surface area contributed by atoms with Crippen LogP contribution >= 0.6 is 0 Å². The normalized spacial score (nSPS) is 15.6. The number of fused-ring (bicyclic) bond motifs is 1. The lowest BCUT2D eigenvalue weighted by atomic mass is 10.1. The summed E-state index contributed by atoms with van der Waals surface area (Å²) in [4.78, 5) is 25.0. The summed E-state index contributed by atoms with van der Waals surface area (Å²) in [5, 5.41) is 4.59. The Morgan fingerprint density at radius 2 is 2.18 bits per heavy atom. The Morgan fingerprint density at radius 1 is 1.32 bits per heavy atom. The summed E-state index contributed by atoms with van der Waals surface area (Å²) in [6.45, 7) is 0.240. The van der Waals surface area contributed by atoms with E-state index < -0.39 is 0 Å². The molecule has 0 aromatic carbocycles. The van der Waals surface area contributed by atoms with Crippen molar-refractivity contribution in [2.24, 2.45) is 0 Å². The standard InChI is InChI=1S/C15H15N5O2/c21-15-11-5-6-16-7-12(11)17-9-20(15)8-13-18-14(19-22-13)10-3-1-2-4-10/h5-7,9-10H,1-4,8H2. The maximum atomic E-state index is 12.4. The summed E-state index contributed by atoms with van der Waals surface area (Å²) in [5.41, 5.74) is 0.453. The zero-order valence-electron chi connectivity index (χ0n) is 12.0. The molecule has 0 N–H and O–H groups in total. The van der Waals surface area contributed by atoms with Crippen LogP contribution < -0.4 is 5.56 Å². The smallest absolute Gasteiger partial charge is 0.261 e. The zero-order chi connectivity index (χ0) is 14.9. The minimum absolute atomic E-state index is 0.131. The Bertz CT molecular complexity index is 863. The fourth-order valence-electron chi connectivity index (χ4n) is 2.95. The first-order chi connectivity index (χ1) is 10.8. The highest BCUT2D eigenvalue weighted by Crippen LogP contribution is 2.32. The highest BCUT2D eigenvalue weighted by Gasteiger charge is 2.22. The minimum atomic E-state index is -0.131. The number of rotatable bonds is 3. The molecular formula is C15H15N5O2. The fraction of sp³-hybridized carbons (Fsp3) is 0.400. The molecule has 0 aliphatic heterocycles. The van der Waals surface area contributed by atoms with Crippen molar-refractivity contribution in [2.75, 3.05) is 0 Å². The minimum Gasteiger partial charge on any atom is -0.337 e. The largest absolute Gasteiger partial charge is 0.337 e. The summed E-state index contributed by atoms with van der Waals surface area (Å²) in [6, 6.07) is 1.67. The Kier molecular flexibility index (Phi) is 3.17. The number of aromatic nitrogens is 5. The monoisotopic (exact) mass is 297 g/mol. The third-order valence-electron chi connectivity index (χ3n) is 4.14. The van der Waals surface area contributed by atoms with Crippen LogP contribution in [0.5, 0.6) is 0 Å². The van der Waals surface area contributed by atoms with Gasteiger partial charge in [0.15, 0.2) is 5.82 Å². The van der Waals surface area contributed by atoms with Crippen LogP contribution in [0.1, 0.15) is 43.3 Å². The topological polar surface area (TPSA) is 86.7 Å². The molecule has 0 saturated heterocycles. The molecule has 22 heavy (non-hydrogen) atoms. The molecule has 7 heteroatoms. The molecular weight excluding hydrogens is 282 g/mol. The molecule has 4 rings (SSSR count). The second-order valence-corrected chi connectivity index (χ2v) is 5.60. The molecule has 0 unspecified atom stereocenters. The van der Waals surface area contributed by atoms with E-state index in [1.165, 1.54) is 23.7 Å². The lowest BCUT2D eigenvalue weighted by Crippen LogP contribution is -2.21. The maximum absolute atomic E-state index is 12.4. The van der Waals surface area contributed by atoms with Crippen molar-refractivity contribution in [1.29, 1.82) is 0 Å². The third kappa shape index (κ3) is 2.28. The second kappa shape index (κ2) is 5.32. The first-order valence-corrected chi connectivity index (χ1v) is 7.43. The van der Waals surface area contributed by atoms with E-state index in [9.17, 15) is 4.79 Å². The van der Waals surface area contributed by atoms with Crippen molar-refractivity contribution in [2.45, 2.75) is 38.1 Å². The number of hydrogen-bond acceptors (Lipinski definition) is 6. The van der Waals surface area contributed by atoms with Crippen molar-refractivity contribution >= 4 is 10.9 Å². The van der Waals surface area contributed by atoms with Gasteiger partial charge in [-0.3, -0.25) is 14.3 Å². The van der Waals surface area contributed by atoms with Crippen molar-refractivity contribution in [3.8, 4) is 0 Å². The molecule has 0 radical (unpaired) electrons. The van der Waals surface area contributed by atoms with Gasteiger partial charge in [0.1, 0.15) is 6.54 Å². The quantitative estimate of drug-likeness (QED) is 0.733. The molecule has 3 aromatic rings. The van der Waals surface area contributed by atoms with Gasteiger partial charge in [-0.15, -0.1) is 0 Å². The molecule has 0 amide bonds. The van der Waals surface area contributed by atoms with E-state index in [4.69, 9.17) is 4.52 Å². The number of nitrogens with zero attached hydrogens (tertiary/aromatic N) is 5. The average Bonchev–Trinajstić information content (AvgIpc) is 3.21. The van der Waals surface area contributed by atoms with Gasteiger partial charge in [-0.05, 0) is 18.9 Å². The first kappa shape index (κ1) is 13.1. The van der Waals surface area contributed by atoms with E-state index in [2.05, 4.69) is 20.1 Å². The summed E-state index contributed by atoms with van der Waals surface area (Å²) < 4.78 is 6.77. The van der Waals surface area contributed by atoms with E-state index in [0.717, 1.165) is 18.7 Å². The van der Waals surface area contributed by atoms with Crippen molar-refractivity contribution in [3.63, 3.8) is 0 Å². The zero-order valence-corrected chi connectivity index (χ0v) is 12.0. The van der Waals surface area contributed by atoms with E-state index in [1.54, 1.807) is 18.5 Å². The molecule has 3 aromatic heterocycles. The fourth-order valence-corrected chi connectivity index (χ4v) is 2.95. The maximum Gasteiger partial charge on any atom is 0.261 e. The lowest BCUT2D eigenvalue weighted by molar-refractivity contribution is 0.361. The summed E-state index contributed by atoms with van der Waals surface area (Å²) in [5.74, 6) is 1.60. The van der Waals surface area contributed by atoms with Crippen LogP contribution in [0.2, 0.25) is 0 Å². The highest BCUT2D eigenvalue weighted by molar-refractivity contribution is 5.75. The number of pyridine rings is 1. The van der Waals surface area contributed by atoms with Crippen LogP contribution in [-0.4, -0.2) is 24.7 Å². The lowest BCUT2D eigenvalue weighted by Gasteiger charge is -2.03. The summed E-state index contributed by atoms with van der Waals surface area (Å²) in [6.07, 6.45) is 9.32.